The van der Waals surface area contributed by atoms with Crippen LogP contribution in [0.15, 0.2) is 48.5 Å². The number of aryl methyl sites for hydroxylation is 1. The van der Waals surface area contributed by atoms with E-state index in [1.165, 1.54) is 12.1 Å². The minimum Gasteiger partial charge on any atom is -0.462 e. The van der Waals surface area contributed by atoms with Gasteiger partial charge in [0.2, 0.25) is 11.8 Å². The molecule has 2 aromatic rings. The molecule has 4 N–H and O–H groups in total. The fourth-order valence-electron chi connectivity index (χ4n) is 5.38. The molecular weight excluding hydrogens is 487 g/mol. The van der Waals surface area contributed by atoms with Crippen molar-refractivity contribution in [3.05, 3.63) is 71.0 Å². The summed E-state index contributed by atoms with van der Waals surface area (Å²) in [6.07, 6.45) is -0.945. The van der Waals surface area contributed by atoms with Gasteiger partial charge in [-0.05, 0) is 50.5 Å². The minimum atomic E-state index is -1.21. The van der Waals surface area contributed by atoms with Crippen LogP contribution in [-0.4, -0.2) is 81.3 Å². The largest absolute Gasteiger partial charge is 0.462 e. The molecule has 204 valence electrons. The van der Waals surface area contributed by atoms with Crippen LogP contribution in [0.3, 0.4) is 0 Å². The Morgan fingerprint density at radius 1 is 1.21 bits per heavy atom. The first kappa shape index (κ1) is 27.7. The molecular formula is C29H38FN4O4+. The molecule has 1 fully saturated rings. The average molecular weight is 526 g/mol. The second-order valence-corrected chi connectivity index (χ2v) is 10.7. The Kier molecular flexibility index (Phi) is 8.79. The standard InChI is InChI=1S/C29H37FN4O4/c1-18(2)34-17-22(15-25(34)35)28(37)32-24(14-21-11-19(3)12-23(30)13-21)27(36)26-29(38)33(10-9-31-26)16-20-7-5-4-6-8-20/h4-8,11-13,18,22,24,26-27,31,36H,9-10,14-17H2,1-3H3,(H,32,37)/p+1/t22?,24?,26-,27-/m0/s1. The van der Waals surface area contributed by atoms with Crippen LogP contribution in [0.4, 0.5) is 4.39 Å². The monoisotopic (exact) mass is 525 g/mol. The van der Waals surface area contributed by atoms with Gasteiger partial charge >= 0.3 is 5.90 Å². The molecule has 1 saturated heterocycles. The predicted octanol–water partition coefficient (Wildman–Crippen LogP) is 1.92. The molecule has 4 rings (SSSR count). The van der Waals surface area contributed by atoms with E-state index in [2.05, 4.69) is 10.6 Å². The SMILES string of the molecule is Cc1cc(F)cc(CC(NC(=O)C2CC(=O)N(C(C)C)C2)[C@H](O)[C@@H]2NCC[N+](Cc3ccccc3)=C2O)c1. The molecule has 2 heterocycles. The lowest BCUT2D eigenvalue weighted by Crippen LogP contribution is -2.61. The number of nitrogens with one attached hydrogen (secondary N) is 2. The molecule has 0 aliphatic carbocycles. The molecule has 9 heteroatoms. The van der Waals surface area contributed by atoms with E-state index in [4.69, 9.17) is 0 Å². The van der Waals surface area contributed by atoms with Crippen LogP contribution in [0, 0.1) is 18.7 Å². The fourth-order valence-corrected chi connectivity index (χ4v) is 5.38. The van der Waals surface area contributed by atoms with Crippen molar-refractivity contribution in [3.8, 4) is 0 Å². The lowest BCUT2D eigenvalue weighted by molar-refractivity contribution is -0.556. The highest BCUT2D eigenvalue weighted by molar-refractivity contribution is 5.89. The highest BCUT2D eigenvalue weighted by atomic mass is 19.1. The van der Waals surface area contributed by atoms with E-state index in [-0.39, 0.29) is 36.6 Å². The van der Waals surface area contributed by atoms with Gasteiger partial charge in [0, 0.05) is 24.6 Å². The van der Waals surface area contributed by atoms with E-state index >= 15 is 0 Å². The number of benzene rings is 2. The van der Waals surface area contributed by atoms with Gasteiger partial charge in [-0.25, -0.2) is 4.39 Å². The third-order valence-electron chi connectivity index (χ3n) is 7.36. The summed E-state index contributed by atoms with van der Waals surface area (Å²) in [6.45, 7) is 7.47. The Morgan fingerprint density at radius 2 is 1.95 bits per heavy atom. The number of likely N-dealkylation sites (tertiary alicyclic amines) is 1. The number of hydrogen-bond acceptors (Lipinski definition) is 4. The zero-order valence-corrected chi connectivity index (χ0v) is 22.2. The van der Waals surface area contributed by atoms with Gasteiger partial charge in [0.05, 0.1) is 18.5 Å². The maximum absolute atomic E-state index is 14.2. The second kappa shape index (κ2) is 12.0. The highest BCUT2D eigenvalue weighted by Gasteiger charge is 2.41. The van der Waals surface area contributed by atoms with Gasteiger partial charge in [-0.2, -0.15) is 4.58 Å². The van der Waals surface area contributed by atoms with Gasteiger partial charge in [-0.3, -0.25) is 14.9 Å². The van der Waals surface area contributed by atoms with E-state index < -0.39 is 29.9 Å². The van der Waals surface area contributed by atoms with Crippen molar-refractivity contribution in [3.63, 3.8) is 0 Å². The van der Waals surface area contributed by atoms with Crippen molar-refractivity contribution < 1.29 is 28.8 Å². The molecule has 8 nitrogen and oxygen atoms in total. The first-order chi connectivity index (χ1) is 18.1. The first-order valence-corrected chi connectivity index (χ1v) is 13.2. The fraction of sp³-hybridized carbons (Fsp3) is 0.483. The second-order valence-electron chi connectivity index (χ2n) is 10.7. The lowest BCUT2D eigenvalue weighted by Gasteiger charge is -2.32. The van der Waals surface area contributed by atoms with Crippen LogP contribution in [0.2, 0.25) is 0 Å². The van der Waals surface area contributed by atoms with Crippen molar-refractivity contribution in [2.45, 2.75) is 64.4 Å². The molecule has 2 aliphatic heterocycles. The first-order valence-electron chi connectivity index (χ1n) is 13.2. The van der Waals surface area contributed by atoms with Gasteiger partial charge in [0.1, 0.15) is 11.9 Å². The molecule has 2 aliphatic rings. The van der Waals surface area contributed by atoms with Gasteiger partial charge in [-0.15, -0.1) is 0 Å². The molecule has 0 saturated carbocycles. The third kappa shape index (κ3) is 6.57. The van der Waals surface area contributed by atoms with Gasteiger partial charge in [-0.1, -0.05) is 36.4 Å². The highest BCUT2D eigenvalue weighted by Crippen LogP contribution is 2.22. The number of rotatable bonds is 9. The Hall–Kier alpha value is -3.30. The van der Waals surface area contributed by atoms with Crippen LogP contribution in [0.25, 0.3) is 0 Å². The lowest BCUT2D eigenvalue weighted by atomic mass is 9.93. The summed E-state index contributed by atoms with van der Waals surface area (Å²) in [5, 5.41) is 28.8. The zero-order chi connectivity index (χ0) is 27.4. The maximum atomic E-state index is 14.2. The van der Waals surface area contributed by atoms with Gasteiger partial charge < -0.3 is 20.4 Å². The molecule has 2 aromatic carbocycles. The van der Waals surface area contributed by atoms with Crippen LogP contribution in [-0.2, 0) is 22.6 Å². The zero-order valence-electron chi connectivity index (χ0n) is 22.2. The number of nitrogens with zero attached hydrogens (tertiary/aromatic N) is 2. The van der Waals surface area contributed by atoms with Gasteiger partial charge in [0.25, 0.3) is 0 Å². The number of carbonyl (C=O) groups is 2. The van der Waals surface area contributed by atoms with Crippen molar-refractivity contribution in [1.82, 2.24) is 15.5 Å². The van der Waals surface area contributed by atoms with Crippen LogP contribution >= 0.6 is 0 Å². The van der Waals surface area contributed by atoms with Crippen molar-refractivity contribution in [1.29, 1.82) is 0 Å². The van der Waals surface area contributed by atoms with E-state index in [0.29, 0.717) is 31.7 Å². The molecule has 0 aromatic heterocycles. The van der Waals surface area contributed by atoms with Crippen molar-refractivity contribution in [2.24, 2.45) is 5.92 Å². The van der Waals surface area contributed by atoms with E-state index in [9.17, 15) is 24.2 Å². The van der Waals surface area contributed by atoms with Crippen LogP contribution < -0.4 is 10.6 Å². The number of carbonyl (C=O) groups excluding carboxylic acids is 2. The van der Waals surface area contributed by atoms with Crippen LogP contribution in [0.5, 0.6) is 0 Å². The van der Waals surface area contributed by atoms with E-state index in [1.807, 2.05) is 50.2 Å². The third-order valence-corrected chi connectivity index (χ3v) is 7.36. The summed E-state index contributed by atoms with van der Waals surface area (Å²) >= 11 is 0. The smallest absolute Gasteiger partial charge is 0.354 e. The molecule has 0 radical (unpaired) electrons. The molecule has 2 amide bonds. The minimum absolute atomic E-state index is 0.00876. The van der Waals surface area contributed by atoms with Crippen LogP contribution in [0.1, 0.15) is 37.0 Å². The number of hydrogen-bond donors (Lipinski definition) is 4. The quantitative estimate of drug-likeness (QED) is 0.375. The number of halogens is 1. The predicted molar refractivity (Wildman–Crippen MR) is 142 cm³/mol. The summed E-state index contributed by atoms with van der Waals surface area (Å²) in [5.41, 5.74) is 2.37. The number of aliphatic hydroxyl groups is 2. The summed E-state index contributed by atoms with van der Waals surface area (Å²) < 4.78 is 16.0. The normalized spacial score (nSPS) is 21.6. The molecule has 0 bridgehead atoms. The summed E-state index contributed by atoms with van der Waals surface area (Å²) in [7, 11) is 0. The molecule has 2 unspecified atom stereocenters. The van der Waals surface area contributed by atoms with E-state index in [0.717, 1.165) is 11.1 Å². The topological polar surface area (TPSA) is 105 Å². The molecule has 0 spiro atoms. The maximum Gasteiger partial charge on any atom is 0.354 e. The van der Waals surface area contributed by atoms with Gasteiger partial charge in [0.15, 0.2) is 19.1 Å². The molecule has 38 heavy (non-hydrogen) atoms. The number of amides is 2. The Morgan fingerprint density at radius 3 is 2.61 bits per heavy atom. The summed E-state index contributed by atoms with van der Waals surface area (Å²) in [4.78, 5) is 27.4. The Balaban J connectivity index is 1.57. The number of aliphatic hydroxyl groups excluding tert-OH is 2. The van der Waals surface area contributed by atoms with E-state index in [1.54, 1.807) is 16.4 Å². The summed E-state index contributed by atoms with van der Waals surface area (Å²) in [6, 6.07) is 12.7. The average Bonchev–Trinajstić information content (AvgIpc) is 3.26. The van der Waals surface area contributed by atoms with Crippen molar-refractivity contribution >= 4 is 17.7 Å². The molecule has 4 atom stereocenters. The Bertz CT molecular complexity index is 1170. The van der Waals surface area contributed by atoms with Crippen molar-refractivity contribution in [2.75, 3.05) is 19.6 Å². The summed E-state index contributed by atoms with van der Waals surface area (Å²) in [5.74, 6) is -1.36. The Labute approximate surface area is 223 Å².